The van der Waals surface area contributed by atoms with E-state index in [0.29, 0.717) is 16.3 Å². The van der Waals surface area contributed by atoms with Gasteiger partial charge in [0.1, 0.15) is 12.4 Å². The molecule has 0 aliphatic rings. The number of rotatable bonds is 5. The smallest absolute Gasteiger partial charge is 0.347 e. The Hall–Kier alpha value is -2.08. The van der Waals surface area contributed by atoms with Crippen molar-refractivity contribution in [3.05, 3.63) is 35.5 Å². The number of alkyl halides is 1. The van der Waals surface area contributed by atoms with Crippen LogP contribution in [0.25, 0.3) is 11.3 Å². The first-order valence-electron chi connectivity index (χ1n) is 5.28. The Balaban J connectivity index is 2.37. The van der Waals surface area contributed by atoms with Crippen LogP contribution in [-0.2, 0) is 4.79 Å². The summed E-state index contributed by atoms with van der Waals surface area (Å²) in [7, 11) is 0. The van der Waals surface area contributed by atoms with Gasteiger partial charge in [0.2, 0.25) is 6.10 Å². The molecule has 7 heteroatoms. The third-order valence-electron chi connectivity index (χ3n) is 2.33. The third-order valence-corrected chi connectivity index (χ3v) is 2.56. The van der Waals surface area contributed by atoms with E-state index in [9.17, 15) is 9.18 Å². The summed E-state index contributed by atoms with van der Waals surface area (Å²) in [5.41, 5.74) is 0.407. The number of carboxylic acid groups (broad SMARTS) is 1. The van der Waals surface area contributed by atoms with Gasteiger partial charge in [-0.2, -0.15) is 0 Å². The van der Waals surface area contributed by atoms with Crippen molar-refractivity contribution in [2.24, 2.45) is 0 Å². The maximum atomic E-state index is 12.6. The normalized spacial score (nSPS) is 12.1. The Labute approximate surface area is 112 Å². The Bertz CT molecular complexity index is 573. The molecule has 0 fully saturated rings. The maximum absolute atomic E-state index is 12.6. The fraction of sp³-hybridized carbons (Fsp3) is 0.167. The number of carbonyl (C=O) groups is 1. The third kappa shape index (κ3) is 3.03. The van der Waals surface area contributed by atoms with Crippen LogP contribution >= 0.6 is 11.6 Å². The van der Waals surface area contributed by atoms with Crippen LogP contribution in [0.1, 0.15) is 0 Å². The SMILES string of the molecule is O=C(O)[C@H](CF)Oc1ccc(Cl)cc1-c1ccno1. The van der Waals surface area contributed by atoms with Gasteiger partial charge in [0.15, 0.2) is 5.76 Å². The Morgan fingerprint density at radius 1 is 1.53 bits per heavy atom. The average Bonchev–Trinajstić information content (AvgIpc) is 2.90. The van der Waals surface area contributed by atoms with Crippen molar-refractivity contribution in [2.75, 3.05) is 6.67 Å². The molecule has 2 aromatic rings. The van der Waals surface area contributed by atoms with Crippen LogP contribution < -0.4 is 4.74 Å². The van der Waals surface area contributed by atoms with Crippen molar-refractivity contribution >= 4 is 17.6 Å². The van der Waals surface area contributed by atoms with Crippen molar-refractivity contribution < 1.29 is 23.6 Å². The average molecular weight is 286 g/mol. The second-order valence-corrected chi connectivity index (χ2v) is 4.05. The van der Waals surface area contributed by atoms with E-state index in [1.807, 2.05) is 0 Å². The molecule has 5 nitrogen and oxygen atoms in total. The molecule has 1 atom stereocenters. The van der Waals surface area contributed by atoms with Crippen LogP contribution in [0.15, 0.2) is 35.0 Å². The van der Waals surface area contributed by atoms with Crippen LogP contribution in [0.3, 0.4) is 0 Å². The van der Waals surface area contributed by atoms with Crippen molar-refractivity contribution in [3.63, 3.8) is 0 Å². The zero-order valence-corrected chi connectivity index (χ0v) is 10.3. The zero-order valence-electron chi connectivity index (χ0n) is 9.55. The lowest BCUT2D eigenvalue weighted by atomic mass is 10.1. The van der Waals surface area contributed by atoms with Gasteiger partial charge < -0.3 is 14.4 Å². The lowest BCUT2D eigenvalue weighted by Gasteiger charge is -2.14. The van der Waals surface area contributed by atoms with Crippen LogP contribution in [0.5, 0.6) is 5.75 Å². The first-order valence-corrected chi connectivity index (χ1v) is 5.65. The van der Waals surface area contributed by atoms with Crippen LogP contribution in [-0.4, -0.2) is 29.0 Å². The number of aromatic nitrogens is 1. The maximum Gasteiger partial charge on any atom is 0.347 e. The summed E-state index contributed by atoms with van der Waals surface area (Å²) in [5.74, 6) is -0.882. The topological polar surface area (TPSA) is 72.6 Å². The molecule has 0 aliphatic carbocycles. The van der Waals surface area contributed by atoms with Gasteiger partial charge in [0, 0.05) is 11.1 Å². The summed E-state index contributed by atoms with van der Waals surface area (Å²) in [5, 5.41) is 12.7. The summed E-state index contributed by atoms with van der Waals surface area (Å²) < 4.78 is 22.7. The lowest BCUT2D eigenvalue weighted by molar-refractivity contribution is -0.145. The number of carboxylic acids is 1. The monoisotopic (exact) mass is 285 g/mol. The number of ether oxygens (including phenoxy) is 1. The van der Waals surface area contributed by atoms with Gasteiger partial charge in [-0.25, -0.2) is 9.18 Å². The van der Waals surface area contributed by atoms with Crippen molar-refractivity contribution in [2.45, 2.75) is 6.10 Å². The molecular weight excluding hydrogens is 277 g/mol. The van der Waals surface area contributed by atoms with E-state index in [2.05, 4.69) is 5.16 Å². The van der Waals surface area contributed by atoms with Crippen molar-refractivity contribution in [1.82, 2.24) is 5.16 Å². The molecule has 100 valence electrons. The quantitative estimate of drug-likeness (QED) is 0.914. The van der Waals surface area contributed by atoms with Gasteiger partial charge in [-0.15, -0.1) is 0 Å². The van der Waals surface area contributed by atoms with Crippen LogP contribution in [0.2, 0.25) is 5.02 Å². The van der Waals surface area contributed by atoms with E-state index in [0.717, 1.165) is 0 Å². The summed E-state index contributed by atoms with van der Waals surface area (Å²) >= 11 is 5.86. The molecular formula is C12H9ClFNO4. The highest BCUT2D eigenvalue weighted by molar-refractivity contribution is 6.30. The molecule has 0 unspecified atom stereocenters. The summed E-state index contributed by atoms with van der Waals surface area (Å²) in [4.78, 5) is 10.8. The number of nitrogens with zero attached hydrogens (tertiary/aromatic N) is 1. The van der Waals surface area contributed by atoms with Gasteiger partial charge in [-0.1, -0.05) is 16.8 Å². The van der Waals surface area contributed by atoms with Gasteiger partial charge in [-0.3, -0.25) is 0 Å². The molecule has 0 spiro atoms. The fourth-order valence-electron chi connectivity index (χ4n) is 1.45. The number of aliphatic carboxylic acids is 1. The van der Waals surface area contributed by atoms with E-state index in [-0.39, 0.29) is 5.75 Å². The molecule has 0 saturated heterocycles. The minimum Gasteiger partial charge on any atom is -0.478 e. The summed E-state index contributed by atoms with van der Waals surface area (Å²) in [6.45, 7) is -1.15. The zero-order chi connectivity index (χ0) is 13.8. The molecule has 0 aliphatic heterocycles. The molecule has 1 aromatic carbocycles. The van der Waals surface area contributed by atoms with Gasteiger partial charge >= 0.3 is 5.97 Å². The highest BCUT2D eigenvalue weighted by atomic mass is 35.5. The highest BCUT2D eigenvalue weighted by Crippen LogP contribution is 2.33. The molecule has 0 amide bonds. The number of benzene rings is 1. The molecule has 0 saturated carbocycles. The largest absolute Gasteiger partial charge is 0.478 e. The predicted octanol–water partition coefficient (Wildman–Crippen LogP) is 2.80. The minimum absolute atomic E-state index is 0.159. The Morgan fingerprint density at radius 3 is 2.89 bits per heavy atom. The molecule has 0 radical (unpaired) electrons. The molecule has 2 rings (SSSR count). The minimum atomic E-state index is -1.58. The molecule has 19 heavy (non-hydrogen) atoms. The second-order valence-electron chi connectivity index (χ2n) is 3.62. The lowest BCUT2D eigenvalue weighted by Crippen LogP contribution is -2.29. The molecule has 0 bridgehead atoms. The van der Waals surface area contributed by atoms with E-state index in [4.69, 9.17) is 26.0 Å². The van der Waals surface area contributed by atoms with Gasteiger partial charge in [0.05, 0.1) is 11.8 Å². The second kappa shape index (κ2) is 5.71. The van der Waals surface area contributed by atoms with Crippen molar-refractivity contribution in [3.8, 4) is 17.1 Å². The fourth-order valence-corrected chi connectivity index (χ4v) is 1.63. The van der Waals surface area contributed by atoms with Gasteiger partial charge in [-0.05, 0) is 18.2 Å². The predicted molar refractivity (Wildman–Crippen MR) is 65.0 cm³/mol. The van der Waals surface area contributed by atoms with Crippen molar-refractivity contribution in [1.29, 1.82) is 0 Å². The van der Waals surface area contributed by atoms with E-state index >= 15 is 0 Å². The standard InChI is InChI=1S/C12H9ClFNO4/c13-7-1-2-9(18-11(6-14)12(16)17)8(5-7)10-3-4-15-19-10/h1-5,11H,6H2,(H,16,17)/t11-/m0/s1. The number of hydrogen-bond donors (Lipinski definition) is 1. The van der Waals surface area contributed by atoms with E-state index in [1.165, 1.54) is 24.4 Å². The molecule has 1 aromatic heterocycles. The summed E-state index contributed by atoms with van der Waals surface area (Å²) in [6, 6.07) is 6.04. The molecule has 1 heterocycles. The first kappa shape index (κ1) is 13.4. The number of hydrogen-bond acceptors (Lipinski definition) is 4. The first-order chi connectivity index (χ1) is 9.11. The Morgan fingerprint density at radius 2 is 2.32 bits per heavy atom. The van der Waals surface area contributed by atoms with Crippen LogP contribution in [0, 0.1) is 0 Å². The Kier molecular flexibility index (Phi) is 4.01. The summed E-state index contributed by atoms with van der Waals surface area (Å²) in [6.07, 6.45) is -0.160. The van der Waals surface area contributed by atoms with Gasteiger partial charge in [0.25, 0.3) is 0 Å². The van der Waals surface area contributed by atoms with E-state index < -0.39 is 18.7 Å². The van der Waals surface area contributed by atoms with Crippen LogP contribution in [0.4, 0.5) is 4.39 Å². The van der Waals surface area contributed by atoms with E-state index in [1.54, 1.807) is 6.07 Å². The highest BCUT2D eigenvalue weighted by Gasteiger charge is 2.21. The molecule has 1 N–H and O–H groups in total. The number of halogens is 2.